The minimum Gasteiger partial charge on any atom is -0.505 e. The number of hydrogen-bond donors (Lipinski definition) is 1. The van der Waals surface area contributed by atoms with Gasteiger partial charge in [0.25, 0.3) is 0 Å². The van der Waals surface area contributed by atoms with Crippen molar-refractivity contribution in [2.45, 2.75) is 79.9 Å². The Bertz CT molecular complexity index is 1030. The van der Waals surface area contributed by atoms with E-state index in [-0.39, 0.29) is 23.9 Å². The Morgan fingerprint density at radius 2 is 1.65 bits per heavy atom. The van der Waals surface area contributed by atoms with E-state index in [9.17, 15) is 14.0 Å². The monoisotopic (exact) mass is 648 g/mol. The molecule has 0 heterocycles. The summed E-state index contributed by atoms with van der Waals surface area (Å²) in [7, 11) is 5.48. The average Bonchev–Trinajstić information content (AvgIpc) is 3.06. The molecule has 1 amide bonds. The van der Waals surface area contributed by atoms with Crippen LogP contribution >= 0.6 is 0 Å². The van der Waals surface area contributed by atoms with Gasteiger partial charge in [0, 0.05) is 46.1 Å². The van der Waals surface area contributed by atoms with Gasteiger partial charge in [-0.05, 0) is 64.1 Å². The number of likely N-dealkylation sites (N-methyl/N-ethyl adjacent to an activating group) is 2. The summed E-state index contributed by atoms with van der Waals surface area (Å²) in [5, 5.41) is 8.54. The number of benzene rings is 2. The van der Waals surface area contributed by atoms with Gasteiger partial charge in [0.05, 0.1) is 19.3 Å². The zero-order valence-corrected chi connectivity index (χ0v) is 30.1. The van der Waals surface area contributed by atoms with E-state index < -0.39 is 5.82 Å². The van der Waals surface area contributed by atoms with Crippen molar-refractivity contribution in [3.8, 4) is 11.5 Å². The van der Waals surface area contributed by atoms with Crippen LogP contribution in [0.1, 0.15) is 66.9 Å². The van der Waals surface area contributed by atoms with E-state index in [2.05, 4.69) is 18.1 Å². The van der Waals surface area contributed by atoms with Crippen LogP contribution in [0, 0.1) is 5.82 Å². The number of rotatable bonds is 16. The molecule has 0 saturated heterocycles. The van der Waals surface area contributed by atoms with Crippen LogP contribution in [0.2, 0.25) is 0 Å². The van der Waals surface area contributed by atoms with E-state index >= 15 is 0 Å². The molecule has 0 aromatic heterocycles. The Labute approximate surface area is 278 Å². The second-order valence-corrected chi connectivity index (χ2v) is 9.79. The van der Waals surface area contributed by atoms with Crippen molar-refractivity contribution in [2.75, 3.05) is 47.5 Å². The quantitative estimate of drug-likeness (QED) is 0.113. The number of halogens is 1. The molecule has 8 nitrogen and oxygen atoms in total. The van der Waals surface area contributed by atoms with Crippen LogP contribution < -0.4 is 4.74 Å². The molecule has 0 saturated carbocycles. The van der Waals surface area contributed by atoms with Gasteiger partial charge >= 0.3 is 5.97 Å². The number of phenols is 1. The summed E-state index contributed by atoms with van der Waals surface area (Å²) in [6.07, 6.45) is 4.58. The van der Waals surface area contributed by atoms with Crippen molar-refractivity contribution in [1.29, 1.82) is 0 Å². The average molecular weight is 649 g/mol. The fraction of sp³-hybridized carbons (Fsp3) is 0.514. The van der Waals surface area contributed by atoms with Gasteiger partial charge in [0.2, 0.25) is 6.41 Å². The summed E-state index contributed by atoms with van der Waals surface area (Å²) in [5.74, 6) is -0.271. The Hall–Kier alpha value is -3.69. The summed E-state index contributed by atoms with van der Waals surface area (Å²) in [6.45, 7) is 23.7. The molecule has 0 bridgehead atoms. The molecule has 2 aromatic carbocycles. The van der Waals surface area contributed by atoms with Gasteiger partial charge in [-0.2, -0.15) is 0 Å². The molecule has 2 atom stereocenters. The highest BCUT2D eigenvalue weighted by molar-refractivity contribution is 5.69. The molecule has 0 spiro atoms. The highest BCUT2D eigenvalue weighted by Gasteiger charge is 2.16. The molecule has 1 N–H and O–H groups in total. The third-order valence-corrected chi connectivity index (χ3v) is 5.93. The highest BCUT2D eigenvalue weighted by atomic mass is 19.1. The van der Waals surface area contributed by atoms with Crippen molar-refractivity contribution in [3.63, 3.8) is 0 Å². The first-order chi connectivity index (χ1) is 22.0. The summed E-state index contributed by atoms with van der Waals surface area (Å²) >= 11 is 0. The van der Waals surface area contributed by atoms with E-state index in [1.165, 1.54) is 18.2 Å². The van der Waals surface area contributed by atoms with Crippen LogP contribution in [0.4, 0.5) is 4.39 Å². The first-order valence-electron chi connectivity index (χ1n) is 15.9. The first kappa shape index (κ1) is 46.7. The van der Waals surface area contributed by atoms with Crippen LogP contribution in [0.25, 0.3) is 0 Å². The van der Waals surface area contributed by atoms with Gasteiger partial charge in [0.15, 0.2) is 11.6 Å². The fourth-order valence-electron chi connectivity index (χ4n) is 3.49. The third-order valence-electron chi connectivity index (χ3n) is 5.93. The lowest BCUT2D eigenvalue weighted by Gasteiger charge is -2.29. The predicted octanol–water partition coefficient (Wildman–Crippen LogP) is 7.71. The maximum absolute atomic E-state index is 12.1. The first-order valence-corrected chi connectivity index (χ1v) is 15.9. The third kappa shape index (κ3) is 25.6. The Morgan fingerprint density at radius 3 is 2.07 bits per heavy atom. The number of amides is 1. The number of carbonyl (C=O) groups excluding carboxylic acids is 2. The molecule has 2 aromatic rings. The number of methoxy groups -OCH3 is 1. The second-order valence-electron chi connectivity index (χ2n) is 9.79. The van der Waals surface area contributed by atoms with Gasteiger partial charge in [-0.3, -0.25) is 9.59 Å². The van der Waals surface area contributed by atoms with Gasteiger partial charge in [-0.25, -0.2) is 4.39 Å². The molecular weight excluding hydrogens is 587 g/mol. The molecule has 46 heavy (non-hydrogen) atoms. The number of carbonyl (C=O) groups is 2. The standard InChI is InChI=1S/C22H34N2O4.C6H5FO.C5H10O.2C2H6/c1-6-27-22(26)12-9-19-7-10-21(11-8-19)28-14-13-20(24(5)17-25)16-23(4)15-18(2)3;7-5-3-1-2-4-6(5)8;1-4-5(2)6-3;2*1-2/h7-8,10-11,17,20H,2,6,9,12-16H2,1,3-5H3;1-4,8H;4-5H,1H2,2-3H3;2*1-2H3/t20-;;;;/m0..../s1. The Morgan fingerprint density at radius 1 is 1.07 bits per heavy atom. The Balaban J connectivity index is -0.000000833. The number of ether oxygens (including phenoxy) is 3. The molecule has 1 unspecified atom stereocenters. The smallest absolute Gasteiger partial charge is 0.306 e. The SMILES string of the molecule is C=C(C)CN(C)C[C@H](CCOc1ccc(CCC(=O)OCC)cc1)N(C)C=O.C=CC(C)OC.CC.CC.Oc1ccccc1F. The van der Waals surface area contributed by atoms with Crippen molar-refractivity contribution in [2.24, 2.45) is 0 Å². The van der Waals surface area contributed by atoms with E-state index in [1.54, 1.807) is 38.1 Å². The Kier molecular flexibility index (Phi) is 31.8. The number of phenolic OH excluding ortho intramolecular Hbond substituents is 1. The lowest BCUT2D eigenvalue weighted by Crippen LogP contribution is -2.41. The van der Waals surface area contributed by atoms with E-state index in [4.69, 9.17) is 19.3 Å². The number of aryl methyl sites for hydroxylation is 1. The van der Waals surface area contributed by atoms with Crippen molar-refractivity contribution in [3.05, 3.63) is 84.7 Å². The van der Waals surface area contributed by atoms with Crippen LogP contribution in [-0.4, -0.2) is 86.9 Å². The molecule has 0 aliphatic rings. The number of nitrogens with zero attached hydrogens (tertiary/aromatic N) is 2. The van der Waals surface area contributed by atoms with Crippen LogP contribution in [-0.2, 0) is 25.5 Å². The van der Waals surface area contributed by atoms with Gasteiger partial charge in [-0.15, -0.1) is 6.58 Å². The lowest BCUT2D eigenvalue weighted by molar-refractivity contribution is -0.143. The summed E-state index contributed by atoms with van der Waals surface area (Å²) in [6, 6.07) is 13.4. The molecule has 0 fully saturated rings. The highest BCUT2D eigenvalue weighted by Crippen LogP contribution is 2.15. The zero-order valence-electron chi connectivity index (χ0n) is 30.1. The fourth-order valence-corrected chi connectivity index (χ4v) is 3.49. The minimum absolute atomic E-state index is 0.0747. The number of esters is 1. The molecule has 0 aliphatic heterocycles. The number of hydrogen-bond acceptors (Lipinski definition) is 7. The number of para-hydroxylation sites is 1. The van der Waals surface area contributed by atoms with Gasteiger partial charge in [-0.1, -0.05) is 70.2 Å². The lowest BCUT2D eigenvalue weighted by atomic mass is 10.1. The maximum atomic E-state index is 12.1. The predicted molar refractivity (Wildman–Crippen MR) is 189 cm³/mol. The second kappa shape index (κ2) is 31.3. The van der Waals surface area contributed by atoms with Crippen molar-refractivity contribution < 1.29 is 33.3 Å². The van der Waals surface area contributed by atoms with Gasteiger partial charge < -0.3 is 29.1 Å². The molecule has 0 aliphatic carbocycles. The largest absolute Gasteiger partial charge is 0.505 e. The summed E-state index contributed by atoms with van der Waals surface area (Å²) < 4.78 is 27.6. The number of aromatic hydroxyl groups is 1. The molecule has 262 valence electrons. The molecule has 9 heteroatoms. The zero-order chi connectivity index (χ0) is 35.9. The molecule has 2 rings (SSSR count). The van der Waals surface area contributed by atoms with Crippen LogP contribution in [0.5, 0.6) is 11.5 Å². The van der Waals surface area contributed by atoms with E-state index in [0.29, 0.717) is 26.1 Å². The normalized spacial score (nSPS) is 10.8. The van der Waals surface area contributed by atoms with Crippen molar-refractivity contribution >= 4 is 12.4 Å². The summed E-state index contributed by atoms with van der Waals surface area (Å²) in [4.78, 5) is 26.5. The summed E-state index contributed by atoms with van der Waals surface area (Å²) in [5.41, 5.74) is 2.16. The van der Waals surface area contributed by atoms with E-state index in [1.807, 2.05) is 72.9 Å². The van der Waals surface area contributed by atoms with Crippen LogP contribution in [0.3, 0.4) is 0 Å². The molecule has 0 radical (unpaired) electrons. The maximum Gasteiger partial charge on any atom is 0.306 e. The van der Waals surface area contributed by atoms with Crippen LogP contribution in [0.15, 0.2) is 73.3 Å². The molecular formula is C37H61FN2O6. The van der Waals surface area contributed by atoms with Crippen molar-refractivity contribution in [1.82, 2.24) is 9.80 Å². The van der Waals surface area contributed by atoms with Gasteiger partial charge in [0.1, 0.15) is 5.75 Å². The minimum atomic E-state index is -0.576. The van der Waals surface area contributed by atoms with E-state index in [0.717, 1.165) is 42.8 Å². The topological polar surface area (TPSA) is 88.5 Å².